The Morgan fingerprint density at radius 1 is 1.34 bits per heavy atom. The van der Waals surface area contributed by atoms with Gasteiger partial charge < -0.3 is 15.4 Å². The molecule has 2 heterocycles. The first-order chi connectivity index (χ1) is 14.0. The molecule has 2 aromatic rings. The van der Waals surface area contributed by atoms with Gasteiger partial charge in [0.1, 0.15) is 0 Å². The van der Waals surface area contributed by atoms with Crippen molar-refractivity contribution >= 4 is 22.5 Å². The van der Waals surface area contributed by atoms with Crippen molar-refractivity contribution in [3.63, 3.8) is 0 Å². The van der Waals surface area contributed by atoms with E-state index in [1.807, 2.05) is 43.3 Å². The zero-order valence-corrected chi connectivity index (χ0v) is 17.9. The fraction of sp³-hybridized carbons (Fsp3) is 0.429. The molecule has 1 fully saturated rings. The lowest BCUT2D eigenvalue weighted by atomic mass is 10.1. The van der Waals surface area contributed by atoms with Crippen molar-refractivity contribution in [3.8, 4) is 11.3 Å². The van der Waals surface area contributed by atoms with Crippen molar-refractivity contribution in [2.24, 2.45) is 0 Å². The number of anilines is 1. The number of aromatic nitrogens is 1. The third-order valence-electron chi connectivity index (χ3n) is 5.01. The van der Waals surface area contributed by atoms with Crippen LogP contribution in [0, 0.1) is 6.92 Å². The Morgan fingerprint density at radius 3 is 2.90 bits per heavy atom. The lowest BCUT2D eigenvalue weighted by Gasteiger charge is -2.17. The van der Waals surface area contributed by atoms with Crippen LogP contribution in [0.1, 0.15) is 12.1 Å². The van der Waals surface area contributed by atoms with Gasteiger partial charge in [-0.1, -0.05) is 12.1 Å². The summed E-state index contributed by atoms with van der Waals surface area (Å²) in [7, 11) is 0.655. The summed E-state index contributed by atoms with van der Waals surface area (Å²) < 4.78 is 16.8. The molecule has 8 heteroatoms. The van der Waals surface area contributed by atoms with Gasteiger partial charge >= 0.3 is 6.03 Å². The zero-order valence-electron chi connectivity index (χ0n) is 17.1. The van der Waals surface area contributed by atoms with E-state index in [0.717, 1.165) is 47.9 Å². The second-order valence-corrected chi connectivity index (χ2v) is 8.57. The first-order valence-electron chi connectivity index (χ1n) is 9.66. The largest absolute Gasteiger partial charge is 0.383 e. The van der Waals surface area contributed by atoms with Crippen LogP contribution in [0.15, 0.2) is 41.3 Å². The number of hydrogen-bond donors (Lipinski definition) is 2. The Labute approximate surface area is 174 Å². The molecule has 2 atom stereocenters. The van der Waals surface area contributed by atoms with Crippen molar-refractivity contribution in [3.05, 3.63) is 42.1 Å². The van der Waals surface area contributed by atoms with E-state index in [0.29, 0.717) is 12.3 Å². The van der Waals surface area contributed by atoms with Gasteiger partial charge in [-0.2, -0.15) is 0 Å². The molecule has 0 bridgehead atoms. The molecule has 2 N–H and O–H groups in total. The van der Waals surface area contributed by atoms with Crippen LogP contribution < -0.4 is 10.6 Å². The van der Waals surface area contributed by atoms with Crippen LogP contribution in [-0.4, -0.2) is 65.8 Å². The molecule has 1 saturated heterocycles. The summed E-state index contributed by atoms with van der Waals surface area (Å²) in [5.41, 5.74) is 3.09. The van der Waals surface area contributed by atoms with Gasteiger partial charge in [0.15, 0.2) is 0 Å². The van der Waals surface area contributed by atoms with E-state index in [1.54, 1.807) is 13.4 Å². The maximum Gasteiger partial charge on any atom is 0.319 e. The topological polar surface area (TPSA) is 83.6 Å². The highest BCUT2D eigenvalue weighted by Crippen LogP contribution is 2.23. The highest BCUT2D eigenvalue weighted by molar-refractivity contribution is 7.84. The summed E-state index contributed by atoms with van der Waals surface area (Å²) in [6.07, 6.45) is 2.59. The van der Waals surface area contributed by atoms with Crippen LogP contribution in [0.2, 0.25) is 0 Å². The number of likely N-dealkylation sites (tertiary alicyclic amines) is 1. The molecule has 7 nitrogen and oxygen atoms in total. The molecule has 0 spiro atoms. The van der Waals surface area contributed by atoms with Crippen LogP contribution in [0.5, 0.6) is 0 Å². The quantitative estimate of drug-likeness (QED) is 0.725. The smallest absolute Gasteiger partial charge is 0.319 e. The second kappa shape index (κ2) is 9.96. The van der Waals surface area contributed by atoms with E-state index < -0.39 is 10.8 Å². The van der Waals surface area contributed by atoms with Gasteiger partial charge in [-0.3, -0.25) is 14.1 Å². The monoisotopic (exact) mass is 416 g/mol. The molecule has 0 aliphatic carbocycles. The van der Waals surface area contributed by atoms with E-state index in [1.165, 1.54) is 0 Å². The molecule has 29 heavy (non-hydrogen) atoms. The maximum absolute atomic E-state index is 12.4. The summed E-state index contributed by atoms with van der Waals surface area (Å²) in [6.45, 7) is 5.25. The average molecular weight is 417 g/mol. The lowest BCUT2D eigenvalue weighted by molar-refractivity contribution is 0.160. The maximum atomic E-state index is 12.4. The van der Waals surface area contributed by atoms with Gasteiger partial charge in [0, 0.05) is 60.3 Å². The van der Waals surface area contributed by atoms with Crippen molar-refractivity contribution in [1.29, 1.82) is 0 Å². The van der Waals surface area contributed by atoms with Crippen LogP contribution in [0.4, 0.5) is 10.5 Å². The van der Waals surface area contributed by atoms with Gasteiger partial charge in [-0.05, 0) is 37.6 Å². The Bertz CT molecular complexity index is 890. The number of nitrogens with zero attached hydrogens (tertiary/aromatic N) is 2. The number of rotatable bonds is 7. The number of hydrogen-bond acceptors (Lipinski definition) is 5. The first kappa shape index (κ1) is 21.4. The minimum atomic E-state index is -1.04. The number of carbonyl (C=O) groups excluding carboxylic acids is 1. The molecule has 2 unspecified atom stereocenters. The number of benzene rings is 1. The predicted molar refractivity (Wildman–Crippen MR) is 116 cm³/mol. The number of nitrogens with one attached hydrogen (secondary N) is 2. The van der Waals surface area contributed by atoms with Crippen LogP contribution in [0.25, 0.3) is 11.3 Å². The van der Waals surface area contributed by atoms with Gasteiger partial charge in [-0.15, -0.1) is 0 Å². The number of urea groups is 1. The minimum Gasteiger partial charge on any atom is -0.383 e. The Balaban J connectivity index is 1.60. The van der Waals surface area contributed by atoms with Crippen molar-refractivity contribution in [1.82, 2.24) is 15.2 Å². The number of pyridine rings is 1. The molecule has 0 saturated carbocycles. The number of ether oxygens (including phenoxy) is 1. The normalized spacial score (nSPS) is 17.8. The number of amides is 2. The van der Waals surface area contributed by atoms with E-state index in [-0.39, 0.29) is 12.1 Å². The fourth-order valence-corrected chi connectivity index (χ4v) is 3.97. The zero-order chi connectivity index (χ0) is 20.8. The summed E-state index contributed by atoms with van der Waals surface area (Å²) >= 11 is 0. The third-order valence-corrected chi connectivity index (χ3v) is 5.93. The van der Waals surface area contributed by atoms with Gasteiger partial charge in [0.25, 0.3) is 0 Å². The number of methoxy groups -OCH3 is 1. The Hall–Kier alpha value is -2.29. The molecule has 1 aromatic heterocycles. The van der Waals surface area contributed by atoms with Gasteiger partial charge in [0.2, 0.25) is 0 Å². The Morgan fingerprint density at radius 2 is 2.17 bits per heavy atom. The lowest BCUT2D eigenvalue weighted by Crippen LogP contribution is -2.40. The molecule has 3 rings (SSSR count). The molecule has 0 radical (unpaired) electrons. The summed E-state index contributed by atoms with van der Waals surface area (Å²) in [4.78, 5) is 20.0. The highest BCUT2D eigenvalue weighted by Gasteiger charge is 2.23. The number of aryl methyl sites for hydroxylation is 1. The van der Waals surface area contributed by atoms with E-state index in [9.17, 15) is 9.00 Å². The molecule has 156 valence electrons. The molecule has 1 aliphatic heterocycles. The molecule has 1 aliphatic rings. The predicted octanol–water partition coefficient (Wildman–Crippen LogP) is 2.64. The average Bonchev–Trinajstić information content (AvgIpc) is 3.15. The Kier molecular flexibility index (Phi) is 7.35. The molecular weight excluding hydrogens is 388 g/mol. The first-order valence-corrected chi connectivity index (χ1v) is 11.2. The van der Waals surface area contributed by atoms with Crippen LogP contribution in [-0.2, 0) is 15.5 Å². The fourth-order valence-electron chi connectivity index (χ4n) is 3.41. The second-order valence-electron chi connectivity index (χ2n) is 7.19. The minimum absolute atomic E-state index is 0.136. The SMILES string of the molecule is COCCN1CCC(NC(=O)Nc2ccc(-c3cccc(S(C)=O)c3)nc2C)C1. The van der Waals surface area contributed by atoms with Crippen LogP contribution >= 0.6 is 0 Å². The highest BCUT2D eigenvalue weighted by atomic mass is 32.2. The van der Waals surface area contributed by atoms with Gasteiger partial charge in [0.05, 0.1) is 23.7 Å². The molecular formula is C21H28N4O3S. The van der Waals surface area contributed by atoms with Crippen molar-refractivity contribution in [2.75, 3.05) is 44.9 Å². The summed E-state index contributed by atoms with van der Waals surface area (Å²) in [5.74, 6) is 0. The van der Waals surface area contributed by atoms with Gasteiger partial charge in [-0.25, -0.2) is 4.79 Å². The number of carbonyl (C=O) groups is 1. The summed E-state index contributed by atoms with van der Waals surface area (Å²) in [5, 5.41) is 5.93. The third kappa shape index (κ3) is 5.85. The molecule has 2 amide bonds. The summed E-state index contributed by atoms with van der Waals surface area (Å²) in [6, 6.07) is 11.2. The van der Waals surface area contributed by atoms with E-state index >= 15 is 0 Å². The standard InChI is InChI=1S/C21H28N4O3S/c1-15-19(24-21(26)23-17-9-10-25(14-17)11-12-28-2)7-8-20(22-15)16-5-4-6-18(13-16)29(3)27/h4-8,13,17H,9-12,14H2,1-3H3,(H2,23,24,26). The van der Waals surface area contributed by atoms with Crippen LogP contribution in [0.3, 0.4) is 0 Å². The van der Waals surface area contributed by atoms with Crippen molar-refractivity contribution in [2.45, 2.75) is 24.3 Å². The van der Waals surface area contributed by atoms with E-state index in [4.69, 9.17) is 4.74 Å². The van der Waals surface area contributed by atoms with Crippen molar-refractivity contribution < 1.29 is 13.7 Å². The van der Waals surface area contributed by atoms with E-state index in [2.05, 4.69) is 20.5 Å². The molecule has 1 aromatic carbocycles.